The quantitative estimate of drug-likeness (QED) is 0.659. The molecule has 1 aliphatic rings. The highest BCUT2D eigenvalue weighted by atomic mass is 32.2. The number of nitrogens with two attached hydrogens (primary N) is 1. The van der Waals surface area contributed by atoms with Gasteiger partial charge in [0.2, 0.25) is 15.9 Å². The second-order valence-electron chi connectivity index (χ2n) is 4.69. The number of carbonyl (C=O) groups excluding carboxylic acids is 1. The van der Waals surface area contributed by atoms with Crippen LogP contribution in [-0.4, -0.2) is 33.5 Å². The zero-order chi connectivity index (χ0) is 15.3. The average molecular weight is 307 g/mol. The van der Waals surface area contributed by atoms with Crippen molar-refractivity contribution in [2.45, 2.75) is 23.8 Å². The van der Waals surface area contributed by atoms with Crippen LogP contribution in [0.1, 0.15) is 18.4 Å². The van der Waals surface area contributed by atoms with Gasteiger partial charge in [-0.05, 0) is 24.6 Å². The Kier molecular flexibility index (Phi) is 4.96. The molecule has 112 valence electrons. The highest BCUT2D eigenvalue weighted by Gasteiger charge is 2.24. The summed E-state index contributed by atoms with van der Waals surface area (Å²) in [6, 6.07) is 6.09. The van der Waals surface area contributed by atoms with E-state index in [-0.39, 0.29) is 23.4 Å². The van der Waals surface area contributed by atoms with E-state index in [1.807, 2.05) is 0 Å². The molecule has 1 heterocycles. The van der Waals surface area contributed by atoms with Gasteiger partial charge in [-0.25, -0.2) is 13.1 Å². The van der Waals surface area contributed by atoms with Gasteiger partial charge < -0.3 is 11.1 Å². The van der Waals surface area contributed by atoms with E-state index < -0.39 is 10.0 Å². The number of carbonyl (C=O) groups is 1. The third-order valence-corrected chi connectivity index (χ3v) is 4.58. The fourth-order valence-electron chi connectivity index (χ4n) is 2.01. The van der Waals surface area contributed by atoms with E-state index in [4.69, 9.17) is 5.73 Å². The van der Waals surface area contributed by atoms with Gasteiger partial charge in [0.25, 0.3) is 0 Å². The maximum absolute atomic E-state index is 12.3. The van der Waals surface area contributed by atoms with E-state index in [1.54, 1.807) is 12.1 Å². The smallest absolute Gasteiger partial charge is 0.240 e. The first-order chi connectivity index (χ1) is 10.0. The fourth-order valence-corrected chi connectivity index (χ4v) is 3.33. The Morgan fingerprint density at radius 1 is 1.43 bits per heavy atom. The molecule has 1 atom stereocenters. The van der Waals surface area contributed by atoms with Gasteiger partial charge in [-0.1, -0.05) is 17.9 Å². The predicted molar refractivity (Wildman–Crippen MR) is 78.7 cm³/mol. The summed E-state index contributed by atoms with van der Waals surface area (Å²) in [5.41, 5.74) is 5.89. The van der Waals surface area contributed by atoms with Gasteiger partial charge in [0, 0.05) is 24.6 Å². The molecule has 1 aromatic carbocycles. The summed E-state index contributed by atoms with van der Waals surface area (Å²) in [5, 5.41) is 2.64. The van der Waals surface area contributed by atoms with Crippen molar-refractivity contribution < 1.29 is 13.2 Å². The minimum atomic E-state index is -3.63. The second-order valence-corrected chi connectivity index (χ2v) is 6.41. The van der Waals surface area contributed by atoms with Crippen molar-refractivity contribution in [3.8, 4) is 11.8 Å². The number of sulfonamides is 1. The van der Waals surface area contributed by atoms with E-state index in [0.29, 0.717) is 24.9 Å². The number of rotatable bonds is 3. The Morgan fingerprint density at radius 2 is 2.24 bits per heavy atom. The maximum Gasteiger partial charge on any atom is 0.240 e. The fraction of sp³-hybridized carbons (Fsp3) is 0.357. The van der Waals surface area contributed by atoms with Crippen molar-refractivity contribution in [2.75, 3.05) is 13.1 Å². The van der Waals surface area contributed by atoms with Crippen molar-refractivity contribution in [2.24, 2.45) is 5.73 Å². The topological polar surface area (TPSA) is 101 Å². The Hall–Kier alpha value is -1.88. The highest BCUT2D eigenvalue weighted by molar-refractivity contribution is 7.89. The van der Waals surface area contributed by atoms with Gasteiger partial charge >= 0.3 is 0 Å². The van der Waals surface area contributed by atoms with Gasteiger partial charge in [0.05, 0.1) is 11.4 Å². The third kappa shape index (κ3) is 4.29. The number of nitrogens with one attached hydrogen (secondary N) is 2. The normalized spacial score (nSPS) is 18.5. The van der Waals surface area contributed by atoms with Crippen molar-refractivity contribution in [1.29, 1.82) is 0 Å². The molecule has 2 rings (SSSR count). The van der Waals surface area contributed by atoms with Gasteiger partial charge in [-0.3, -0.25) is 4.79 Å². The van der Waals surface area contributed by atoms with Crippen molar-refractivity contribution in [3.05, 3.63) is 29.8 Å². The van der Waals surface area contributed by atoms with Gasteiger partial charge in [0.1, 0.15) is 0 Å². The van der Waals surface area contributed by atoms with Crippen molar-refractivity contribution >= 4 is 15.9 Å². The van der Waals surface area contributed by atoms with Crippen molar-refractivity contribution in [1.82, 2.24) is 10.0 Å². The standard InChI is InChI=1S/C14H17N3O3S/c15-8-2-4-11-3-1-5-13(9-11)21(19,20)17-12-6-7-14(18)16-10-12/h1,3,5,9,12,17H,6-8,10,15H2,(H,16,18). The summed E-state index contributed by atoms with van der Waals surface area (Å²) in [4.78, 5) is 11.2. The summed E-state index contributed by atoms with van der Waals surface area (Å²) in [7, 11) is -3.63. The molecule has 6 nitrogen and oxygen atoms in total. The molecule has 7 heteroatoms. The molecular formula is C14H17N3O3S. The number of hydrogen-bond acceptors (Lipinski definition) is 4. The molecular weight excluding hydrogens is 290 g/mol. The van der Waals surface area contributed by atoms with Crippen molar-refractivity contribution in [3.63, 3.8) is 0 Å². The van der Waals surface area contributed by atoms with Crippen LogP contribution in [0, 0.1) is 11.8 Å². The number of benzene rings is 1. The molecule has 1 fully saturated rings. The first-order valence-corrected chi connectivity index (χ1v) is 8.07. The molecule has 0 radical (unpaired) electrons. The number of amides is 1. The average Bonchev–Trinajstić information content (AvgIpc) is 2.48. The zero-order valence-electron chi connectivity index (χ0n) is 11.4. The lowest BCUT2D eigenvalue weighted by atomic mass is 10.1. The van der Waals surface area contributed by atoms with Crippen LogP contribution < -0.4 is 15.8 Å². The zero-order valence-corrected chi connectivity index (χ0v) is 12.2. The number of piperidine rings is 1. The Balaban J connectivity index is 2.14. The predicted octanol–water partition coefficient (Wildman–Crippen LogP) is -0.446. The minimum Gasteiger partial charge on any atom is -0.355 e. The molecule has 0 saturated carbocycles. The van der Waals surface area contributed by atoms with E-state index in [1.165, 1.54) is 12.1 Å². The molecule has 1 unspecified atom stereocenters. The van der Waals surface area contributed by atoms with E-state index in [2.05, 4.69) is 21.9 Å². The lowest BCUT2D eigenvalue weighted by Crippen LogP contribution is -2.47. The Labute approximate surface area is 124 Å². The molecule has 4 N–H and O–H groups in total. The molecule has 21 heavy (non-hydrogen) atoms. The Bertz CT molecular complexity index is 679. The third-order valence-electron chi connectivity index (χ3n) is 3.07. The highest BCUT2D eigenvalue weighted by Crippen LogP contribution is 2.13. The molecule has 0 spiro atoms. The van der Waals surface area contributed by atoms with Crippen LogP contribution >= 0.6 is 0 Å². The van der Waals surface area contributed by atoms with Gasteiger partial charge in [0.15, 0.2) is 0 Å². The van der Waals surface area contributed by atoms with E-state index >= 15 is 0 Å². The maximum atomic E-state index is 12.3. The van der Waals surface area contributed by atoms with Gasteiger partial charge in [-0.2, -0.15) is 0 Å². The van der Waals surface area contributed by atoms with Crippen LogP contribution in [0.3, 0.4) is 0 Å². The van der Waals surface area contributed by atoms with Crippen LogP contribution in [-0.2, 0) is 14.8 Å². The first-order valence-electron chi connectivity index (χ1n) is 6.59. The lowest BCUT2D eigenvalue weighted by Gasteiger charge is -2.23. The summed E-state index contributed by atoms with van der Waals surface area (Å²) in [5.74, 6) is 5.44. The minimum absolute atomic E-state index is 0.0514. The molecule has 1 saturated heterocycles. The Morgan fingerprint density at radius 3 is 2.90 bits per heavy atom. The summed E-state index contributed by atoms with van der Waals surface area (Å²) in [6.45, 7) is 0.529. The second kappa shape index (κ2) is 6.72. The molecule has 1 aromatic rings. The summed E-state index contributed by atoms with van der Waals surface area (Å²) >= 11 is 0. The van der Waals surface area contributed by atoms with Crippen LogP contribution in [0.25, 0.3) is 0 Å². The molecule has 1 aliphatic heterocycles. The first kappa shape index (κ1) is 15.5. The molecule has 0 aromatic heterocycles. The van der Waals surface area contributed by atoms with E-state index in [0.717, 1.165) is 0 Å². The van der Waals surface area contributed by atoms with Crippen LogP contribution in [0.5, 0.6) is 0 Å². The monoisotopic (exact) mass is 307 g/mol. The van der Waals surface area contributed by atoms with Crippen LogP contribution in [0.2, 0.25) is 0 Å². The van der Waals surface area contributed by atoms with Gasteiger partial charge in [-0.15, -0.1) is 0 Å². The SMILES string of the molecule is NCC#Cc1cccc(S(=O)(=O)NC2CCC(=O)NC2)c1. The molecule has 0 bridgehead atoms. The van der Waals surface area contributed by atoms with Crippen LogP contribution in [0.4, 0.5) is 0 Å². The van der Waals surface area contributed by atoms with Crippen LogP contribution in [0.15, 0.2) is 29.2 Å². The lowest BCUT2D eigenvalue weighted by molar-refractivity contribution is -0.122. The van der Waals surface area contributed by atoms with E-state index in [9.17, 15) is 13.2 Å². The summed E-state index contributed by atoms with van der Waals surface area (Å²) in [6.07, 6.45) is 0.826. The molecule has 0 aliphatic carbocycles. The summed E-state index contributed by atoms with van der Waals surface area (Å²) < 4.78 is 27.2. The largest absolute Gasteiger partial charge is 0.355 e. The molecule has 1 amide bonds. The number of hydrogen-bond donors (Lipinski definition) is 3.